The van der Waals surface area contributed by atoms with Gasteiger partial charge in [0.05, 0.1) is 22.4 Å². The van der Waals surface area contributed by atoms with Crippen LogP contribution in [0.5, 0.6) is 11.5 Å². The van der Waals surface area contributed by atoms with Gasteiger partial charge < -0.3 is 14.5 Å². The zero-order valence-corrected chi connectivity index (χ0v) is 43.2. The first kappa shape index (κ1) is 46.6. The Labute approximate surface area is 416 Å². The average Bonchev–Trinajstić information content (AvgIpc) is 3.89. The van der Waals surface area contributed by atoms with Gasteiger partial charge in [-0.25, -0.2) is 4.98 Å². The highest BCUT2D eigenvalue weighted by molar-refractivity contribution is 6.09. The molecule has 9 aromatic rings. The smallest absolute Gasteiger partial charge is 0.138 e. The van der Waals surface area contributed by atoms with E-state index >= 15 is 0 Å². The Kier molecular flexibility index (Phi) is 12.0. The second kappa shape index (κ2) is 18.0. The molecule has 7 aromatic carbocycles. The van der Waals surface area contributed by atoms with Gasteiger partial charge in [-0.2, -0.15) is 0 Å². The SMILES string of the molecule is CC(C)c1cc(C(C)C)c(-c2ccnc(-n3c4ccccc4c4ccc(Oc5cc(N6CN(c7cc(-c8ccccc8)cc(C(C)(C)C)c7)c7ccccc76)cc(C(C)(C)C)c5)cc43)c2)c(C(C)C)c1. The van der Waals surface area contributed by atoms with Crippen LogP contribution in [0.2, 0.25) is 0 Å². The maximum Gasteiger partial charge on any atom is 0.138 e. The molecule has 0 fully saturated rings. The Morgan fingerprint density at radius 3 is 1.69 bits per heavy atom. The van der Waals surface area contributed by atoms with Crippen molar-refractivity contribution in [3.05, 3.63) is 192 Å². The predicted octanol–water partition coefficient (Wildman–Crippen LogP) is 18.5. The van der Waals surface area contributed by atoms with E-state index in [-0.39, 0.29) is 10.8 Å². The summed E-state index contributed by atoms with van der Waals surface area (Å²) in [6.07, 6.45) is 1.98. The van der Waals surface area contributed by atoms with Crippen LogP contribution in [0.15, 0.2) is 164 Å². The highest BCUT2D eigenvalue weighted by Crippen LogP contribution is 2.48. The van der Waals surface area contributed by atoms with E-state index in [2.05, 4.69) is 255 Å². The molecule has 0 aliphatic carbocycles. The molecule has 10 rings (SSSR count). The monoisotopic (exact) mass is 921 g/mol. The van der Waals surface area contributed by atoms with Crippen molar-refractivity contribution in [3.8, 4) is 39.6 Å². The molecule has 0 saturated heterocycles. The third-order valence-corrected chi connectivity index (χ3v) is 14.3. The van der Waals surface area contributed by atoms with Crippen LogP contribution in [0.1, 0.15) is 129 Å². The van der Waals surface area contributed by atoms with Gasteiger partial charge in [0, 0.05) is 40.5 Å². The highest BCUT2D eigenvalue weighted by atomic mass is 16.5. The van der Waals surface area contributed by atoms with Crippen molar-refractivity contribution < 1.29 is 4.74 Å². The maximum absolute atomic E-state index is 7.06. The molecule has 0 unspecified atom stereocenters. The minimum Gasteiger partial charge on any atom is -0.457 e. The molecule has 0 radical (unpaired) electrons. The molecule has 0 spiro atoms. The Morgan fingerprint density at radius 2 is 1.06 bits per heavy atom. The summed E-state index contributed by atoms with van der Waals surface area (Å²) in [4.78, 5) is 10.0. The van der Waals surface area contributed by atoms with Crippen molar-refractivity contribution in [2.45, 2.75) is 112 Å². The summed E-state index contributed by atoms with van der Waals surface area (Å²) in [6.45, 7) is 28.3. The van der Waals surface area contributed by atoms with Crippen LogP contribution in [0, 0.1) is 0 Å². The molecular weight excluding hydrogens is 853 g/mol. The molecule has 0 N–H and O–H groups in total. The minimum absolute atomic E-state index is 0.0290. The number of hydrogen-bond donors (Lipinski definition) is 0. The highest BCUT2D eigenvalue weighted by Gasteiger charge is 2.31. The average molecular weight is 921 g/mol. The van der Waals surface area contributed by atoms with Crippen molar-refractivity contribution in [2.24, 2.45) is 0 Å². The van der Waals surface area contributed by atoms with Crippen molar-refractivity contribution in [2.75, 3.05) is 16.5 Å². The third kappa shape index (κ3) is 8.76. The zero-order valence-electron chi connectivity index (χ0n) is 43.2. The molecule has 3 heterocycles. The summed E-state index contributed by atoms with van der Waals surface area (Å²) in [7, 11) is 0. The molecule has 5 heteroatoms. The number of anilines is 4. The van der Waals surface area contributed by atoms with Gasteiger partial charge in [0.2, 0.25) is 0 Å². The van der Waals surface area contributed by atoms with Crippen LogP contribution in [-0.2, 0) is 10.8 Å². The van der Waals surface area contributed by atoms with Crippen LogP contribution in [-0.4, -0.2) is 16.2 Å². The second-order valence-electron chi connectivity index (χ2n) is 22.4. The van der Waals surface area contributed by atoms with Gasteiger partial charge in [0.25, 0.3) is 0 Å². The summed E-state index contributed by atoms with van der Waals surface area (Å²) in [5.41, 5.74) is 18.3. The van der Waals surface area contributed by atoms with Crippen molar-refractivity contribution in [3.63, 3.8) is 0 Å². The van der Waals surface area contributed by atoms with Gasteiger partial charge in [0.1, 0.15) is 24.0 Å². The normalized spacial score (nSPS) is 13.1. The topological polar surface area (TPSA) is 33.5 Å². The fraction of sp³-hybridized carbons (Fsp3) is 0.277. The first-order valence-electron chi connectivity index (χ1n) is 25.3. The molecule has 2 aromatic heterocycles. The van der Waals surface area contributed by atoms with Gasteiger partial charge in [-0.1, -0.05) is 162 Å². The number of fused-ring (bicyclic) bond motifs is 4. The van der Waals surface area contributed by atoms with Crippen LogP contribution in [0.25, 0.3) is 49.9 Å². The lowest BCUT2D eigenvalue weighted by atomic mass is 9.82. The van der Waals surface area contributed by atoms with E-state index in [1.165, 1.54) is 72.5 Å². The van der Waals surface area contributed by atoms with E-state index in [4.69, 9.17) is 9.72 Å². The first-order valence-corrected chi connectivity index (χ1v) is 25.3. The molecule has 0 saturated carbocycles. The fourth-order valence-electron chi connectivity index (χ4n) is 10.3. The second-order valence-corrected chi connectivity index (χ2v) is 22.4. The third-order valence-electron chi connectivity index (χ3n) is 14.3. The summed E-state index contributed by atoms with van der Waals surface area (Å²) >= 11 is 0. The van der Waals surface area contributed by atoms with Gasteiger partial charge in [0.15, 0.2) is 0 Å². The number of pyridine rings is 1. The van der Waals surface area contributed by atoms with E-state index in [9.17, 15) is 0 Å². The van der Waals surface area contributed by atoms with Crippen molar-refractivity contribution >= 4 is 44.6 Å². The Bertz CT molecular complexity index is 3370. The van der Waals surface area contributed by atoms with Crippen LogP contribution in [0.4, 0.5) is 22.7 Å². The van der Waals surface area contributed by atoms with Crippen LogP contribution >= 0.6 is 0 Å². The molecule has 5 nitrogen and oxygen atoms in total. The minimum atomic E-state index is -0.133. The van der Waals surface area contributed by atoms with E-state index < -0.39 is 0 Å². The number of benzene rings is 7. The summed E-state index contributed by atoms with van der Waals surface area (Å²) in [6, 6.07) is 58.0. The van der Waals surface area contributed by atoms with Crippen LogP contribution in [0.3, 0.4) is 0 Å². The molecular formula is C65H68N4O. The zero-order chi connectivity index (χ0) is 49.2. The fourth-order valence-corrected chi connectivity index (χ4v) is 10.3. The maximum atomic E-state index is 7.06. The molecule has 0 amide bonds. The molecule has 0 bridgehead atoms. The van der Waals surface area contributed by atoms with Gasteiger partial charge in [-0.3, -0.25) is 4.57 Å². The van der Waals surface area contributed by atoms with E-state index in [0.717, 1.165) is 39.4 Å². The number of hydrogen-bond acceptors (Lipinski definition) is 4. The number of rotatable bonds is 10. The summed E-state index contributed by atoms with van der Waals surface area (Å²) in [5.74, 6) is 3.64. The molecule has 354 valence electrons. The lowest BCUT2D eigenvalue weighted by Gasteiger charge is -2.27. The largest absolute Gasteiger partial charge is 0.457 e. The number of ether oxygens (including phenoxy) is 1. The van der Waals surface area contributed by atoms with E-state index in [1.54, 1.807) is 0 Å². The predicted molar refractivity (Wildman–Crippen MR) is 298 cm³/mol. The number of aromatic nitrogens is 2. The summed E-state index contributed by atoms with van der Waals surface area (Å²) < 4.78 is 9.38. The lowest BCUT2D eigenvalue weighted by molar-refractivity contribution is 0.479. The van der Waals surface area contributed by atoms with Crippen molar-refractivity contribution in [1.29, 1.82) is 0 Å². The molecule has 1 aliphatic heterocycles. The molecule has 1 aliphatic rings. The quantitative estimate of drug-likeness (QED) is 0.137. The lowest BCUT2D eigenvalue weighted by Crippen LogP contribution is -2.25. The number of para-hydroxylation sites is 3. The Morgan fingerprint density at radius 1 is 0.471 bits per heavy atom. The van der Waals surface area contributed by atoms with E-state index in [1.807, 2.05) is 6.20 Å². The standard InChI is InChI=1S/C65H68N4O/c1-41(2)46-32-56(42(3)4)63(57(33-46)43(5)6)45-28-29-66-62(34-45)69-58-23-17-16-22-54(58)55-27-26-52(39-61(55)69)70-53-37-49(65(10,11)12)36-51(38-53)68-40-67(59-24-18-19-25-60(59)68)50-31-47(44-20-14-13-15-21-44)30-48(35-50)64(7,8)9/h13-39,41-43H,40H2,1-12H3. The molecule has 70 heavy (non-hydrogen) atoms. The van der Waals surface area contributed by atoms with Gasteiger partial charge >= 0.3 is 0 Å². The van der Waals surface area contributed by atoms with E-state index in [0.29, 0.717) is 24.4 Å². The van der Waals surface area contributed by atoms with Gasteiger partial charge in [-0.05, 0) is 145 Å². The van der Waals surface area contributed by atoms with Crippen LogP contribution < -0.4 is 14.5 Å². The Hall–Kier alpha value is -7.11. The Balaban J connectivity index is 1.06. The first-order chi connectivity index (χ1) is 33.4. The number of nitrogens with zero attached hydrogens (tertiary/aromatic N) is 4. The van der Waals surface area contributed by atoms with Gasteiger partial charge in [-0.15, -0.1) is 0 Å². The summed E-state index contributed by atoms with van der Waals surface area (Å²) in [5, 5.41) is 2.34. The molecule has 0 atom stereocenters. The van der Waals surface area contributed by atoms with Crippen molar-refractivity contribution in [1.82, 2.24) is 9.55 Å².